The Labute approximate surface area is 155 Å². The summed E-state index contributed by atoms with van der Waals surface area (Å²) >= 11 is 0. The van der Waals surface area contributed by atoms with E-state index in [4.69, 9.17) is 13.9 Å². The van der Waals surface area contributed by atoms with E-state index in [9.17, 15) is 8.42 Å². The Kier molecular flexibility index (Phi) is 4.11. The number of hydrogen-bond acceptors (Lipinski definition) is 6. The Morgan fingerprint density at radius 1 is 0.926 bits per heavy atom. The van der Waals surface area contributed by atoms with Crippen molar-refractivity contribution >= 4 is 21.2 Å². The number of para-hydroxylation sites is 3. The topological polar surface area (TPSA) is 93.2 Å². The molecule has 0 saturated heterocycles. The molecule has 0 aliphatic rings. The van der Waals surface area contributed by atoms with E-state index in [1.165, 1.54) is 24.3 Å². The smallest absolute Gasteiger partial charge is 0.340 e. The maximum Gasteiger partial charge on any atom is 0.340 e. The zero-order valence-corrected chi connectivity index (χ0v) is 14.7. The molecule has 132 valence electrons. The average Bonchev–Trinajstić information content (AvgIpc) is 3.12. The van der Waals surface area contributed by atoms with E-state index < -0.39 is 10.1 Å². The second-order valence-electron chi connectivity index (χ2n) is 5.63. The zero-order valence-electron chi connectivity index (χ0n) is 13.9. The lowest BCUT2D eigenvalue weighted by Crippen LogP contribution is -2.12. The SMILES string of the molecule is N#Cc1ccccc1S(=O)(=O)Oc1ccccc1-c1nc2ccccc2o1. The van der Waals surface area contributed by atoms with Crippen LogP contribution in [0.2, 0.25) is 0 Å². The van der Waals surface area contributed by atoms with Gasteiger partial charge in [0.2, 0.25) is 5.89 Å². The molecule has 0 atom stereocenters. The first-order valence-corrected chi connectivity index (χ1v) is 9.38. The quantitative estimate of drug-likeness (QED) is 0.497. The van der Waals surface area contributed by atoms with Crippen LogP contribution in [0.5, 0.6) is 5.75 Å². The van der Waals surface area contributed by atoms with Crippen LogP contribution in [0.4, 0.5) is 0 Å². The standard InChI is InChI=1S/C20H12N2O4S/c21-13-14-7-1-6-12-19(14)27(23,24)26-17-10-4-2-8-15(17)20-22-16-9-3-5-11-18(16)25-20/h1-12H. The van der Waals surface area contributed by atoms with Gasteiger partial charge in [0.15, 0.2) is 11.3 Å². The fraction of sp³-hybridized carbons (Fsp3) is 0. The summed E-state index contributed by atoms with van der Waals surface area (Å²) in [5.74, 6) is 0.312. The molecule has 0 amide bonds. The minimum atomic E-state index is -4.21. The van der Waals surface area contributed by atoms with Crippen LogP contribution in [-0.4, -0.2) is 13.4 Å². The van der Waals surface area contributed by atoms with Crippen molar-refractivity contribution in [1.82, 2.24) is 4.98 Å². The van der Waals surface area contributed by atoms with Crippen molar-refractivity contribution in [3.05, 3.63) is 78.4 Å². The van der Waals surface area contributed by atoms with Crippen molar-refractivity contribution in [2.75, 3.05) is 0 Å². The normalized spacial score (nSPS) is 11.2. The Bertz CT molecular complexity index is 1250. The molecule has 1 aromatic heterocycles. The first-order valence-electron chi connectivity index (χ1n) is 7.97. The van der Waals surface area contributed by atoms with Gasteiger partial charge in [0.05, 0.1) is 11.1 Å². The van der Waals surface area contributed by atoms with Crippen LogP contribution >= 0.6 is 0 Å². The van der Waals surface area contributed by atoms with Crippen molar-refractivity contribution < 1.29 is 17.0 Å². The molecule has 0 bridgehead atoms. The maximum absolute atomic E-state index is 12.7. The van der Waals surface area contributed by atoms with Gasteiger partial charge in [0.1, 0.15) is 16.5 Å². The molecule has 0 saturated carbocycles. The highest BCUT2D eigenvalue weighted by Crippen LogP contribution is 2.33. The fourth-order valence-corrected chi connectivity index (χ4v) is 3.74. The molecule has 27 heavy (non-hydrogen) atoms. The van der Waals surface area contributed by atoms with Crippen molar-refractivity contribution in [3.8, 4) is 23.3 Å². The van der Waals surface area contributed by atoms with Crippen molar-refractivity contribution in [2.24, 2.45) is 0 Å². The minimum absolute atomic E-state index is 0.0110. The first kappa shape index (κ1) is 16.8. The highest BCUT2D eigenvalue weighted by atomic mass is 32.2. The molecule has 0 aliphatic carbocycles. The molecule has 0 unspecified atom stereocenters. The average molecular weight is 376 g/mol. The summed E-state index contributed by atoms with van der Waals surface area (Å²) in [6, 6.07) is 21.5. The summed E-state index contributed by atoms with van der Waals surface area (Å²) in [6.07, 6.45) is 0. The van der Waals surface area contributed by atoms with Crippen LogP contribution < -0.4 is 4.18 Å². The Hall–Kier alpha value is -3.63. The first-order chi connectivity index (χ1) is 13.1. The third-order valence-corrected chi connectivity index (χ3v) is 5.18. The van der Waals surface area contributed by atoms with Crippen LogP contribution in [0.1, 0.15) is 5.56 Å². The Balaban J connectivity index is 1.79. The van der Waals surface area contributed by atoms with Gasteiger partial charge in [-0.3, -0.25) is 0 Å². The zero-order chi connectivity index (χ0) is 18.9. The molecule has 3 aromatic carbocycles. The number of nitriles is 1. The van der Waals surface area contributed by atoms with Gasteiger partial charge in [-0.2, -0.15) is 13.7 Å². The van der Waals surface area contributed by atoms with Crippen molar-refractivity contribution in [3.63, 3.8) is 0 Å². The minimum Gasteiger partial charge on any atom is -0.436 e. The highest BCUT2D eigenvalue weighted by Gasteiger charge is 2.23. The van der Waals surface area contributed by atoms with Crippen molar-refractivity contribution in [2.45, 2.75) is 4.90 Å². The summed E-state index contributed by atoms with van der Waals surface area (Å²) in [5.41, 5.74) is 1.64. The summed E-state index contributed by atoms with van der Waals surface area (Å²) < 4.78 is 36.5. The number of hydrogen-bond donors (Lipinski definition) is 0. The summed E-state index contributed by atoms with van der Waals surface area (Å²) in [7, 11) is -4.21. The largest absolute Gasteiger partial charge is 0.436 e. The molecule has 6 nitrogen and oxygen atoms in total. The molecule has 0 aliphatic heterocycles. The second-order valence-corrected chi connectivity index (χ2v) is 7.14. The third-order valence-electron chi connectivity index (χ3n) is 3.89. The van der Waals surface area contributed by atoms with Crippen molar-refractivity contribution in [1.29, 1.82) is 5.26 Å². The predicted molar refractivity (Wildman–Crippen MR) is 98.4 cm³/mol. The summed E-state index contributed by atoms with van der Waals surface area (Å²) in [5, 5.41) is 9.17. The van der Waals surface area contributed by atoms with Gasteiger partial charge in [-0.25, -0.2) is 4.98 Å². The molecular weight excluding hydrogens is 364 g/mol. The van der Waals surface area contributed by atoms with Gasteiger partial charge < -0.3 is 8.60 Å². The van der Waals surface area contributed by atoms with E-state index in [2.05, 4.69) is 4.98 Å². The van der Waals surface area contributed by atoms with Gasteiger partial charge in [0, 0.05) is 0 Å². The van der Waals surface area contributed by atoms with E-state index in [1.54, 1.807) is 36.4 Å². The van der Waals surface area contributed by atoms with E-state index in [0.717, 1.165) is 0 Å². The molecule has 4 rings (SSSR count). The summed E-state index contributed by atoms with van der Waals surface area (Å²) in [4.78, 5) is 4.19. The highest BCUT2D eigenvalue weighted by molar-refractivity contribution is 7.87. The van der Waals surface area contributed by atoms with Gasteiger partial charge in [0.25, 0.3) is 0 Å². The van der Waals surface area contributed by atoms with Crippen LogP contribution in [0.3, 0.4) is 0 Å². The lowest BCUT2D eigenvalue weighted by molar-refractivity contribution is 0.485. The molecule has 0 N–H and O–H groups in total. The molecule has 4 aromatic rings. The van der Waals surface area contributed by atoms with Gasteiger partial charge >= 0.3 is 10.1 Å². The molecular formula is C20H12N2O4S. The van der Waals surface area contributed by atoms with Gasteiger partial charge in [-0.15, -0.1) is 0 Å². The maximum atomic E-state index is 12.7. The van der Waals surface area contributed by atoms with E-state index >= 15 is 0 Å². The second kappa shape index (κ2) is 6.59. The number of aromatic nitrogens is 1. The van der Waals surface area contributed by atoms with Crippen LogP contribution in [0, 0.1) is 11.3 Å². The number of nitrogens with zero attached hydrogens (tertiary/aromatic N) is 2. The molecule has 0 fully saturated rings. The van der Waals surface area contributed by atoms with Gasteiger partial charge in [-0.1, -0.05) is 36.4 Å². The predicted octanol–water partition coefficient (Wildman–Crippen LogP) is 4.13. The van der Waals surface area contributed by atoms with Gasteiger partial charge in [-0.05, 0) is 36.4 Å². The van der Waals surface area contributed by atoms with Crippen LogP contribution in [0.25, 0.3) is 22.6 Å². The van der Waals surface area contributed by atoms with Crippen LogP contribution in [0.15, 0.2) is 82.1 Å². The number of rotatable bonds is 4. The van der Waals surface area contributed by atoms with E-state index in [1.807, 2.05) is 18.2 Å². The lowest BCUT2D eigenvalue weighted by atomic mass is 10.2. The number of fused-ring (bicyclic) bond motifs is 1. The monoisotopic (exact) mass is 376 g/mol. The molecule has 0 radical (unpaired) electrons. The molecule has 1 heterocycles. The molecule has 0 spiro atoms. The van der Waals surface area contributed by atoms with E-state index in [-0.39, 0.29) is 22.1 Å². The number of oxazole rings is 1. The Morgan fingerprint density at radius 3 is 2.44 bits per heavy atom. The Morgan fingerprint density at radius 2 is 1.63 bits per heavy atom. The number of benzene rings is 3. The lowest BCUT2D eigenvalue weighted by Gasteiger charge is -2.10. The molecule has 7 heteroatoms. The third kappa shape index (κ3) is 3.14. The fourth-order valence-electron chi connectivity index (χ4n) is 2.64. The van der Waals surface area contributed by atoms with Crippen LogP contribution in [-0.2, 0) is 10.1 Å². The van der Waals surface area contributed by atoms with E-state index in [0.29, 0.717) is 16.7 Å². The summed E-state index contributed by atoms with van der Waals surface area (Å²) in [6.45, 7) is 0.